The van der Waals surface area contributed by atoms with E-state index in [2.05, 4.69) is 29.0 Å². The Kier molecular flexibility index (Phi) is 12.0. The number of amides is 2. The number of benzene rings is 2. The summed E-state index contributed by atoms with van der Waals surface area (Å²) in [6.45, 7) is 9.94. The van der Waals surface area contributed by atoms with Crippen molar-refractivity contribution in [3.05, 3.63) is 83.4 Å². The fraction of sp³-hybridized carbons (Fsp3) is 0.515. The second kappa shape index (κ2) is 15.8. The van der Waals surface area contributed by atoms with Gasteiger partial charge in [-0.05, 0) is 36.5 Å². The monoisotopic (exact) mass is 579 g/mol. The summed E-state index contributed by atoms with van der Waals surface area (Å²) in [6.07, 6.45) is 6.12. The summed E-state index contributed by atoms with van der Waals surface area (Å²) >= 11 is 0. The van der Waals surface area contributed by atoms with E-state index in [9.17, 15) is 14.7 Å². The molecule has 42 heavy (non-hydrogen) atoms. The van der Waals surface area contributed by atoms with Crippen LogP contribution in [-0.2, 0) is 32.2 Å². The number of rotatable bonds is 13. The van der Waals surface area contributed by atoms with Crippen LogP contribution in [-0.4, -0.2) is 60.4 Å². The number of aliphatic hydroxyl groups is 1. The molecule has 4 atom stereocenters. The Morgan fingerprint density at radius 3 is 2.33 bits per heavy atom. The van der Waals surface area contributed by atoms with Gasteiger partial charge in [-0.25, -0.2) is 4.79 Å². The summed E-state index contributed by atoms with van der Waals surface area (Å²) < 4.78 is 18.1. The van der Waals surface area contributed by atoms with Gasteiger partial charge in [-0.3, -0.25) is 9.69 Å². The number of ether oxygens (including phenoxy) is 3. The zero-order chi connectivity index (χ0) is 29.9. The number of esters is 1. The first-order valence-electron chi connectivity index (χ1n) is 15.0. The molecule has 2 fully saturated rings. The highest BCUT2D eigenvalue weighted by Gasteiger charge is 2.40. The first-order valence-corrected chi connectivity index (χ1v) is 15.0. The van der Waals surface area contributed by atoms with Gasteiger partial charge in [0, 0.05) is 37.2 Å². The van der Waals surface area contributed by atoms with E-state index in [4.69, 9.17) is 14.2 Å². The van der Waals surface area contributed by atoms with Crippen LogP contribution in [0.4, 0.5) is 4.79 Å². The highest BCUT2D eigenvalue weighted by atomic mass is 16.7. The summed E-state index contributed by atoms with van der Waals surface area (Å²) in [5.74, 6) is -0.373. The number of urea groups is 1. The maximum Gasteiger partial charge on any atom is 0.325 e. The van der Waals surface area contributed by atoms with Crippen molar-refractivity contribution in [2.45, 2.75) is 77.2 Å². The van der Waals surface area contributed by atoms with Crippen molar-refractivity contribution in [1.29, 1.82) is 0 Å². The van der Waals surface area contributed by atoms with Crippen molar-refractivity contribution >= 4 is 12.0 Å². The van der Waals surface area contributed by atoms with Crippen molar-refractivity contribution in [2.75, 3.05) is 26.2 Å². The molecule has 1 saturated heterocycles. The first kappa shape index (κ1) is 31.7. The molecule has 4 rings (SSSR count). The lowest BCUT2D eigenvalue weighted by Gasteiger charge is -2.43. The van der Waals surface area contributed by atoms with E-state index < -0.39 is 18.3 Å². The summed E-state index contributed by atoms with van der Waals surface area (Å²) in [5, 5.41) is 14.8. The van der Waals surface area contributed by atoms with Crippen molar-refractivity contribution in [3.8, 4) is 0 Å². The van der Waals surface area contributed by atoms with Crippen molar-refractivity contribution in [1.82, 2.24) is 15.5 Å². The molecule has 0 radical (unpaired) electrons. The van der Waals surface area contributed by atoms with Crippen molar-refractivity contribution < 1.29 is 28.9 Å². The number of hydrogen-bond donors (Lipinski definition) is 3. The van der Waals surface area contributed by atoms with Crippen LogP contribution >= 0.6 is 0 Å². The molecule has 0 spiro atoms. The van der Waals surface area contributed by atoms with Gasteiger partial charge in [0.15, 0.2) is 6.29 Å². The smallest absolute Gasteiger partial charge is 0.325 e. The van der Waals surface area contributed by atoms with Gasteiger partial charge in [0.25, 0.3) is 0 Å². The number of nitrogens with one attached hydrogen (secondary N) is 2. The van der Waals surface area contributed by atoms with Gasteiger partial charge in [0.05, 0.1) is 25.4 Å². The molecule has 228 valence electrons. The van der Waals surface area contributed by atoms with E-state index in [1.54, 1.807) is 6.92 Å². The van der Waals surface area contributed by atoms with Gasteiger partial charge in [-0.1, -0.05) is 74.4 Å². The minimum Gasteiger partial charge on any atom is -0.465 e. The third-order valence-corrected chi connectivity index (χ3v) is 8.15. The van der Waals surface area contributed by atoms with Gasteiger partial charge in [-0.15, -0.1) is 6.58 Å². The summed E-state index contributed by atoms with van der Waals surface area (Å²) in [4.78, 5) is 26.0. The van der Waals surface area contributed by atoms with Crippen LogP contribution in [0.5, 0.6) is 0 Å². The maximum absolute atomic E-state index is 12.1. The number of carbonyl (C=O) groups is 2. The molecular weight excluding hydrogens is 534 g/mol. The standard InChI is InChI=1S/C33H45N3O6/c1-4-18-36(28-8-6-7-9-28)21-29-23(3)31(26-14-12-25(22-37)13-15-26)42-32(41-29)27-16-10-24(11-17-27)19-34-33(39)35-20-30(38)40-5-2/h4,10-17,23,28-29,31-32,37H,1,5-9,18-22H2,2-3H3,(H2,34,35,39)/t23-,29+,31+,32+/m0/s1. The number of carbonyl (C=O) groups excluding carboxylic acids is 2. The Labute approximate surface area is 249 Å². The molecule has 9 heteroatoms. The van der Waals surface area contributed by atoms with E-state index >= 15 is 0 Å². The average Bonchev–Trinajstić information content (AvgIpc) is 3.55. The Morgan fingerprint density at radius 2 is 1.69 bits per heavy atom. The highest BCUT2D eigenvalue weighted by Crippen LogP contribution is 2.42. The van der Waals surface area contributed by atoms with E-state index in [-0.39, 0.29) is 37.9 Å². The highest BCUT2D eigenvalue weighted by molar-refractivity contribution is 5.80. The van der Waals surface area contributed by atoms with Gasteiger partial charge < -0.3 is 30.0 Å². The van der Waals surface area contributed by atoms with Gasteiger partial charge in [0.1, 0.15) is 6.54 Å². The third kappa shape index (κ3) is 8.64. The largest absolute Gasteiger partial charge is 0.465 e. The number of nitrogens with zero attached hydrogens (tertiary/aromatic N) is 1. The normalized spacial score (nSPS) is 22.6. The summed E-state index contributed by atoms with van der Waals surface area (Å²) in [5.41, 5.74) is 3.73. The number of hydrogen-bond acceptors (Lipinski definition) is 7. The predicted molar refractivity (Wildman–Crippen MR) is 160 cm³/mol. The molecule has 3 N–H and O–H groups in total. The van der Waals surface area contributed by atoms with E-state index in [0.29, 0.717) is 12.6 Å². The molecule has 1 aliphatic heterocycles. The fourth-order valence-electron chi connectivity index (χ4n) is 5.77. The Hall–Kier alpha value is -3.24. The van der Waals surface area contributed by atoms with Crippen molar-refractivity contribution in [3.63, 3.8) is 0 Å². The van der Waals surface area contributed by atoms with Crippen LogP contribution in [0.1, 0.15) is 74.2 Å². The molecule has 9 nitrogen and oxygen atoms in total. The van der Waals surface area contributed by atoms with Gasteiger partial charge in [-0.2, -0.15) is 0 Å². The van der Waals surface area contributed by atoms with E-state index in [0.717, 1.165) is 35.3 Å². The minimum absolute atomic E-state index is 0.00187. The van der Waals surface area contributed by atoms with Crippen LogP contribution in [0.15, 0.2) is 61.2 Å². The lowest BCUT2D eigenvalue weighted by atomic mass is 9.89. The van der Waals surface area contributed by atoms with Crippen LogP contribution < -0.4 is 10.6 Å². The SMILES string of the molecule is C=CCN(C[C@H]1O[C@@H](c2ccc(CNC(=O)NCC(=O)OCC)cc2)O[C@@H](c2ccc(CO)cc2)[C@H]1C)C1CCCC1. The van der Waals surface area contributed by atoms with Crippen LogP contribution in [0.2, 0.25) is 0 Å². The topological polar surface area (TPSA) is 109 Å². The zero-order valence-corrected chi connectivity index (χ0v) is 24.8. The Balaban J connectivity index is 1.46. The second-order valence-corrected chi connectivity index (χ2v) is 11.1. The maximum atomic E-state index is 12.1. The molecule has 2 aliphatic rings. The summed E-state index contributed by atoms with van der Waals surface area (Å²) in [7, 11) is 0. The lowest BCUT2D eigenvalue weighted by molar-refractivity contribution is -0.276. The third-order valence-electron chi connectivity index (χ3n) is 8.15. The molecular formula is C33H45N3O6. The van der Waals surface area contributed by atoms with E-state index in [1.165, 1.54) is 25.7 Å². The van der Waals surface area contributed by atoms with Gasteiger partial charge in [0.2, 0.25) is 0 Å². The fourth-order valence-corrected chi connectivity index (χ4v) is 5.77. The lowest BCUT2D eigenvalue weighted by Crippen LogP contribution is -2.47. The molecule has 2 aromatic rings. The quantitative estimate of drug-likeness (QED) is 0.232. The zero-order valence-electron chi connectivity index (χ0n) is 24.8. The van der Waals surface area contributed by atoms with Crippen LogP contribution in [0.25, 0.3) is 0 Å². The van der Waals surface area contributed by atoms with Crippen LogP contribution in [0, 0.1) is 5.92 Å². The minimum atomic E-state index is -0.558. The Bertz CT molecular complexity index is 1150. The molecule has 0 bridgehead atoms. The molecule has 0 aromatic heterocycles. The predicted octanol–water partition coefficient (Wildman–Crippen LogP) is 4.76. The number of aliphatic hydroxyl groups excluding tert-OH is 1. The molecule has 0 unspecified atom stereocenters. The Morgan fingerprint density at radius 1 is 1.02 bits per heavy atom. The molecule has 2 amide bonds. The van der Waals surface area contributed by atoms with Gasteiger partial charge >= 0.3 is 12.0 Å². The summed E-state index contributed by atoms with van der Waals surface area (Å²) in [6, 6.07) is 15.9. The molecule has 1 aliphatic carbocycles. The van der Waals surface area contributed by atoms with Crippen LogP contribution in [0.3, 0.4) is 0 Å². The molecule has 1 saturated carbocycles. The van der Waals surface area contributed by atoms with Crippen molar-refractivity contribution in [2.24, 2.45) is 5.92 Å². The first-order chi connectivity index (χ1) is 20.4. The second-order valence-electron chi connectivity index (χ2n) is 11.1. The average molecular weight is 580 g/mol. The molecule has 2 aromatic carbocycles. The van der Waals surface area contributed by atoms with E-state index in [1.807, 2.05) is 54.6 Å². The molecule has 1 heterocycles.